The van der Waals surface area contributed by atoms with Gasteiger partial charge in [0.25, 0.3) is 0 Å². The predicted octanol–water partition coefficient (Wildman–Crippen LogP) is -1.40. The fourth-order valence-corrected chi connectivity index (χ4v) is 1.65. The Morgan fingerprint density at radius 1 is 1.73 bits per heavy atom. The molecule has 1 amide bonds. The first-order chi connectivity index (χ1) is 5.24. The molecule has 1 fully saturated rings. The molecule has 1 saturated heterocycles. The van der Waals surface area contributed by atoms with Gasteiger partial charge in [-0.1, -0.05) is 0 Å². The molecule has 6 heteroatoms. The van der Waals surface area contributed by atoms with Crippen molar-refractivity contribution in [3.63, 3.8) is 0 Å². The number of amides is 1. The first-order valence-corrected chi connectivity index (χ1v) is 4.31. The Labute approximate surface area is 67.2 Å². The third-order valence-corrected chi connectivity index (χ3v) is 2.42. The molecule has 1 aliphatic heterocycles. The van der Waals surface area contributed by atoms with Crippen molar-refractivity contribution in [3.05, 3.63) is 0 Å². The van der Waals surface area contributed by atoms with Crippen molar-refractivity contribution >= 4 is 17.7 Å². The van der Waals surface area contributed by atoms with Crippen LogP contribution >= 0.6 is 0 Å². The SMILES string of the molecule is O=CNC1CCN(S(=O)[O-])C1. The molecule has 64 valence electrons. The zero-order chi connectivity index (χ0) is 8.27. The topological polar surface area (TPSA) is 72.5 Å². The van der Waals surface area contributed by atoms with Crippen molar-refractivity contribution in [2.75, 3.05) is 13.1 Å². The maximum atomic E-state index is 10.4. The lowest BCUT2D eigenvalue weighted by Crippen LogP contribution is -2.32. The zero-order valence-corrected chi connectivity index (χ0v) is 6.67. The van der Waals surface area contributed by atoms with Gasteiger partial charge in [-0.05, 0) is 6.42 Å². The van der Waals surface area contributed by atoms with Crippen LogP contribution in [0, 0.1) is 0 Å². The van der Waals surface area contributed by atoms with Gasteiger partial charge in [0, 0.05) is 30.4 Å². The molecular formula is C5H9N2O3S-. The van der Waals surface area contributed by atoms with Gasteiger partial charge in [-0.3, -0.25) is 9.00 Å². The summed E-state index contributed by atoms with van der Waals surface area (Å²) in [6, 6.07) is -0.00889. The lowest BCUT2D eigenvalue weighted by atomic mass is 10.3. The van der Waals surface area contributed by atoms with E-state index >= 15 is 0 Å². The quantitative estimate of drug-likeness (QED) is 0.425. The van der Waals surface area contributed by atoms with Gasteiger partial charge in [0.15, 0.2) is 0 Å². The van der Waals surface area contributed by atoms with E-state index in [1.54, 1.807) is 0 Å². The predicted molar refractivity (Wildman–Crippen MR) is 38.1 cm³/mol. The fourth-order valence-electron chi connectivity index (χ4n) is 1.10. The van der Waals surface area contributed by atoms with E-state index in [0.29, 0.717) is 25.9 Å². The highest BCUT2D eigenvalue weighted by Gasteiger charge is 2.21. The Hall–Kier alpha value is -0.460. The van der Waals surface area contributed by atoms with Crippen molar-refractivity contribution < 1.29 is 13.6 Å². The van der Waals surface area contributed by atoms with E-state index in [0.717, 1.165) is 0 Å². The number of nitrogens with one attached hydrogen (secondary N) is 1. The van der Waals surface area contributed by atoms with E-state index in [1.807, 2.05) is 0 Å². The molecule has 0 aromatic rings. The van der Waals surface area contributed by atoms with Crippen LogP contribution in [0.4, 0.5) is 0 Å². The Morgan fingerprint density at radius 2 is 2.45 bits per heavy atom. The summed E-state index contributed by atoms with van der Waals surface area (Å²) < 4.78 is 22.0. The highest BCUT2D eigenvalue weighted by atomic mass is 32.2. The number of nitrogens with zero attached hydrogens (tertiary/aromatic N) is 1. The third kappa shape index (κ3) is 2.25. The number of carbonyl (C=O) groups excluding carboxylic acids is 1. The average molecular weight is 177 g/mol. The van der Waals surface area contributed by atoms with Crippen LogP contribution in [-0.4, -0.2) is 38.6 Å². The van der Waals surface area contributed by atoms with E-state index in [9.17, 15) is 13.6 Å². The van der Waals surface area contributed by atoms with Crippen LogP contribution in [0.5, 0.6) is 0 Å². The van der Waals surface area contributed by atoms with Crippen molar-refractivity contribution in [2.45, 2.75) is 12.5 Å². The smallest absolute Gasteiger partial charge is 0.207 e. The third-order valence-electron chi connectivity index (χ3n) is 1.67. The van der Waals surface area contributed by atoms with Crippen molar-refractivity contribution in [2.24, 2.45) is 0 Å². The second kappa shape index (κ2) is 3.80. The first-order valence-electron chi connectivity index (χ1n) is 3.28. The highest BCUT2D eigenvalue weighted by molar-refractivity contribution is 7.76. The summed E-state index contributed by atoms with van der Waals surface area (Å²) in [7, 11) is 0. The second-order valence-electron chi connectivity index (χ2n) is 2.38. The van der Waals surface area contributed by atoms with Crippen LogP contribution in [0.3, 0.4) is 0 Å². The van der Waals surface area contributed by atoms with E-state index in [2.05, 4.69) is 5.32 Å². The minimum Gasteiger partial charge on any atom is -0.760 e. The molecule has 0 saturated carbocycles. The minimum atomic E-state index is -2.14. The first kappa shape index (κ1) is 8.63. The second-order valence-corrected chi connectivity index (χ2v) is 3.33. The van der Waals surface area contributed by atoms with Crippen LogP contribution in [0.2, 0.25) is 0 Å². The Morgan fingerprint density at radius 3 is 2.91 bits per heavy atom. The summed E-state index contributed by atoms with van der Waals surface area (Å²) in [6.45, 7) is 0.899. The summed E-state index contributed by atoms with van der Waals surface area (Å²) in [5.41, 5.74) is 0. The minimum absolute atomic E-state index is 0.00889. The average Bonchev–Trinajstić information content (AvgIpc) is 2.37. The monoisotopic (exact) mass is 177 g/mol. The molecule has 0 bridgehead atoms. The summed E-state index contributed by atoms with van der Waals surface area (Å²) in [4.78, 5) is 9.95. The van der Waals surface area contributed by atoms with E-state index in [-0.39, 0.29) is 6.04 Å². The lowest BCUT2D eigenvalue weighted by Gasteiger charge is -2.17. The van der Waals surface area contributed by atoms with Gasteiger partial charge in [-0.15, -0.1) is 0 Å². The van der Waals surface area contributed by atoms with E-state index in [4.69, 9.17) is 0 Å². The molecule has 1 N–H and O–H groups in total. The molecule has 0 radical (unpaired) electrons. The molecule has 11 heavy (non-hydrogen) atoms. The molecule has 0 aliphatic carbocycles. The van der Waals surface area contributed by atoms with Gasteiger partial charge in [-0.25, -0.2) is 4.31 Å². The molecule has 0 aromatic carbocycles. The Kier molecular flexibility index (Phi) is 2.98. The number of hydrogen-bond donors (Lipinski definition) is 1. The molecular weight excluding hydrogens is 168 g/mol. The van der Waals surface area contributed by atoms with Crippen LogP contribution in [0.15, 0.2) is 0 Å². The van der Waals surface area contributed by atoms with Crippen molar-refractivity contribution in [1.29, 1.82) is 0 Å². The van der Waals surface area contributed by atoms with Crippen molar-refractivity contribution in [1.82, 2.24) is 9.62 Å². The molecule has 5 nitrogen and oxygen atoms in total. The van der Waals surface area contributed by atoms with Gasteiger partial charge in [0.1, 0.15) is 0 Å². The maximum absolute atomic E-state index is 10.4. The molecule has 2 unspecified atom stereocenters. The van der Waals surface area contributed by atoms with Crippen LogP contribution in [-0.2, 0) is 16.1 Å². The maximum Gasteiger partial charge on any atom is 0.207 e. The number of rotatable bonds is 3. The summed E-state index contributed by atoms with van der Waals surface area (Å²) in [5, 5.41) is 2.53. The van der Waals surface area contributed by atoms with Gasteiger partial charge >= 0.3 is 0 Å². The molecule has 1 aliphatic rings. The van der Waals surface area contributed by atoms with E-state index in [1.165, 1.54) is 4.31 Å². The van der Waals surface area contributed by atoms with Gasteiger partial charge in [-0.2, -0.15) is 0 Å². The zero-order valence-electron chi connectivity index (χ0n) is 5.86. The fraction of sp³-hybridized carbons (Fsp3) is 0.800. The standard InChI is InChI=1S/C5H10N2O3S/c8-4-6-5-1-2-7(3-5)11(9)10/h4-5H,1-3H2,(H,6,8)(H,9,10)/p-1. The lowest BCUT2D eigenvalue weighted by molar-refractivity contribution is -0.110. The molecule has 1 rings (SSSR count). The molecule has 0 spiro atoms. The van der Waals surface area contributed by atoms with E-state index < -0.39 is 11.3 Å². The van der Waals surface area contributed by atoms with Crippen LogP contribution in [0.1, 0.15) is 6.42 Å². The normalized spacial score (nSPS) is 28.3. The van der Waals surface area contributed by atoms with Crippen LogP contribution < -0.4 is 5.32 Å². The van der Waals surface area contributed by atoms with Gasteiger partial charge in [0.05, 0.1) is 0 Å². The van der Waals surface area contributed by atoms with Crippen LogP contribution in [0.25, 0.3) is 0 Å². The number of carbonyl (C=O) groups is 1. The summed E-state index contributed by atoms with van der Waals surface area (Å²) in [6.07, 6.45) is 1.30. The Balaban J connectivity index is 2.34. The van der Waals surface area contributed by atoms with Gasteiger partial charge in [0.2, 0.25) is 6.41 Å². The highest BCUT2D eigenvalue weighted by Crippen LogP contribution is 2.09. The molecule has 2 atom stereocenters. The largest absolute Gasteiger partial charge is 0.760 e. The summed E-state index contributed by atoms with van der Waals surface area (Å²) >= 11 is -2.14. The Bertz CT molecular complexity index is 175. The molecule has 1 heterocycles. The van der Waals surface area contributed by atoms with Crippen molar-refractivity contribution in [3.8, 4) is 0 Å². The summed E-state index contributed by atoms with van der Waals surface area (Å²) in [5.74, 6) is 0. The van der Waals surface area contributed by atoms with Gasteiger partial charge < -0.3 is 9.87 Å². The number of hydrogen-bond acceptors (Lipinski definition) is 3. The molecule has 0 aromatic heterocycles.